The minimum atomic E-state index is -5.03. The van der Waals surface area contributed by atoms with Crippen LogP contribution >= 0.6 is 7.82 Å². The lowest BCUT2D eigenvalue weighted by atomic mass is 10.1. The number of halogens is 1. The molecular formula is C22H26FN10O11P. The number of hydrogen-bond acceptors (Lipinski definition) is 17. The Kier molecular flexibility index (Phi) is 6.94. The van der Waals surface area contributed by atoms with E-state index in [0.29, 0.717) is 0 Å². The molecule has 6 heterocycles. The largest absolute Gasteiger partial charge is 0.472 e. The van der Waals surface area contributed by atoms with Gasteiger partial charge in [0.15, 0.2) is 35.1 Å². The number of nitrogens with zero attached hydrogens (tertiary/aromatic N) is 7. The molecule has 21 nitrogen and oxygen atoms in total. The summed E-state index contributed by atoms with van der Waals surface area (Å²) in [5.41, 5.74) is 8.96. The minimum Gasteiger partial charge on any atom is -0.387 e. The molecule has 23 heteroatoms. The van der Waals surface area contributed by atoms with E-state index in [1.54, 1.807) is 0 Å². The van der Waals surface area contributed by atoms with Crippen LogP contribution in [0.4, 0.5) is 16.2 Å². The van der Waals surface area contributed by atoms with Crippen molar-refractivity contribution in [3.05, 3.63) is 29.1 Å². The standard InChI is InChI=1S/C22H26FN10O11P/c1-40-19-10(34)11(18(43-19)33-5-27-9-16(33)30-21(25)31-17(9)36)44-45(38,39)41-3-7-12(35)22(37)6(13(22)42-7)2-32-4-26-8-14(24)28-20(23)29-15(8)32/h4-7,10-13,18-19,34-35,37H,2-3H2,1H3,(H,38,39)(H2,24,28,29)(H3,25,30,31,36)/t6-,7-,10?,11?,12?,13?,18-,19+,22?/m1/s1. The van der Waals surface area contributed by atoms with Crippen molar-refractivity contribution in [1.29, 1.82) is 0 Å². The number of nitrogen functional groups attached to an aromatic ring is 2. The Bertz CT molecular complexity index is 1910. The summed E-state index contributed by atoms with van der Waals surface area (Å²) < 4.78 is 56.1. The minimum absolute atomic E-state index is 0.0245. The number of nitrogens with one attached hydrogen (secondary N) is 1. The smallest absolute Gasteiger partial charge is 0.387 e. The number of phosphoric acid groups is 1. The maximum Gasteiger partial charge on any atom is 0.472 e. The van der Waals surface area contributed by atoms with Crippen molar-refractivity contribution in [1.82, 2.24) is 39.0 Å². The summed E-state index contributed by atoms with van der Waals surface area (Å²) in [5.74, 6) is -1.08. The third kappa shape index (κ3) is 4.77. The number of hydrogen-bond donors (Lipinski definition) is 7. The number of aliphatic hydroxyl groups is 3. The molecule has 0 bridgehead atoms. The molecule has 10 atom stereocenters. The molecule has 9 N–H and O–H groups in total. The fraction of sp³-hybridized carbons (Fsp3) is 0.545. The monoisotopic (exact) mass is 656 g/mol. The number of imidazole rings is 2. The highest BCUT2D eigenvalue weighted by atomic mass is 31.2. The first kappa shape index (κ1) is 30.0. The van der Waals surface area contributed by atoms with Crippen LogP contribution in [0.15, 0.2) is 17.4 Å². The molecule has 2 saturated heterocycles. The fourth-order valence-corrected chi connectivity index (χ4v) is 6.81. The number of ether oxygens (including phenoxy) is 3. The van der Waals surface area contributed by atoms with Gasteiger partial charge in [0.25, 0.3) is 5.56 Å². The molecule has 7 rings (SSSR count). The van der Waals surface area contributed by atoms with E-state index in [4.69, 9.17) is 34.7 Å². The van der Waals surface area contributed by atoms with Gasteiger partial charge in [0.1, 0.15) is 35.5 Å². The first-order valence-corrected chi connectivity index (χ1v) is 14.8. The maximum atomic E-state index is 13.7. The Balaban J connectivity index is 1.02. The number of aromatic nitrogens is 8. The lowest BCUT2D eigenvalue weighted by Crippen LogP contribution is -2.40. The molecule has 3 aliphatic rings. The van der Waals surface area contributed by atoms with E-state index in [-0.39, 0.29) is 40.6 Å². The van der Waals surface area contributed by atoms with Crippen molar-refractivity contribution in [3.8, 4) is 0 Å². The second kappa shape index (κ2) is 10.4. The molecule has 0 radical (unpaired) electrons. The molecule has 6 unspecified atom stereocenters. The Hall–Kier alpha value is -3.70. The van der Waals surface area contributed by atoms with Crippen molar-refractivity contribution in [3.63, 3.8) is 0 Å². The van der Waals surface area contributed by atoms with Gasteiger partial charge in [-0.15, -0.1) is 0 Å². The summed E-state index contributed by atoms with van der Waals surface area (Å²) in [7, 11) is -3.81. The van der Waals surface area contributed by atoms with Crippen LogP contribution in [0.5, 0.6) is 0 Å². The quantitative estimate of drug-likeness (QED) is 0.0702. The van der Waals surface area contributed by atoms with Crippen molar-refractivity contribution in [2.45, 2.75) is 55.2 Å². The second-order valence-corrected chi connectivity index (χ2v) is 12.1. The lowest BCUT2D eigenvalue weighted by Gasteiger charge is -2.26. The number of phosphoric ester groups is 1. The van der Waals surface area contributed by atoms with Gasteiger partial charge in [0, 0.05) is 19.6 Å². The SMILES string of the molecule is CO[C@H]1O[C@@H](n2cnc3c(=O)[nH]c(N)nc32)C(OP(=O)(O)OC[C@H]2OC3[C@@H](Cn4cnc5c(N)nc(F)nc54)C3(O)C2O)C1O. The van der Waals surface area contributed by atoms with Gasteiger partial charge in [0.2, 0.25) is 5.95 Å². The molecule has 2 aliphatic heterocycles. The van der Waals surface area contributed by atoms with E-state index in [1.807, 2.05) is 0 Å². The van der Waals surface area contributed by atoms with Crippen LogP contribution in [0.2, 0.25) is 0 Å². The molecule has 4 aromatic rings. The highest BCUT2D eigenvalue weighted by Crippen LogP contribution is 2.57. The molecular weight excluding hydrogens is 630 g/mol. The molecule has 242 valence electrons. The number of methoxy groups -OCH3 is 1. The number of fused-ring (bicyclic) bond motifs is 3. The van der Waals surface area contributed by atoms with Crippen LogP contribution in [0.1, 0.15) is 6.23 Å². The zero-order valence-electron chi connectivity index (χ0n) is 22.9. The molecule has 0 amide bonds. The fourth-order valence-electron chi connectivity index (χ4n) is 5.87. The Morgan fingerprint density at radius 3 is 2.62 bits per heavy atom. The van der Waals surface area contributed by atoms with Gasteiger partial charge in [0.05, 0.1) is 25.4 Å². The van der Waals surface area contributed by atoms with Gasteiger partial charge < -0.3 is 50.5 Å². The maximum absolute atomic E-state index is 13.7. The molecule has 0 aromatic carbocycles. The lowest BCUT2D eigenvalue weighted by molar-refractivity contribution is -0.160. The molecule has 0 spiro atoms. The summed E-state index contributed by atoms with van der Waals surface area (Å²) in [4.78, 5) is 44.2. The topological polar surface area (TPSA) is 303 Å². The number of H-pyrrole nitrogens is 1. The third-order valence-electron chi connectivity index (χ3n) is 8.09. The zero-order valence-corrected chi connectivity index (χ0v) is 23.8. The normalized spacial score (nSPS) is 34.0. The molecule has 3 fully saturated rings. The average Bonchev–Trinajstić information content (AvgIpc) is 3.46. The van der Waals surface area contributed by atoms with Gasteiger partial charge in [-0.05, 0) is 0 Å². The van der Waals surface area contributed by atoms with Gasteiger partial charge in [-0.3, -0.25) is 23.4 Å². The van der Waals surface area contributed by atoms with E-state index in [2.05, 4.69) is 29.9 Å². The Morgan fingerprint density at radius 2 is 1.91 bits per heavy atom. The van der Waals surface area contributed by atoms with E-state index >= 15 is 0 Å². The number of anilines is 2. The van der Waals surface area contributed by atoms with Crippen LogP contribution in [0.3, 0.4) is 0 Å². The predicted octanol–water partition coefficient (Wildman–Crippen LogP) is -2.88. The highest BCUT2D eigenvalue weighted by Gasteiger charge is 2.75. The zero-order chi connectivity index (χ0) is 32.0. The molecule has 4 aromatic heterocycles. The van der Waals surface area contributed by atoms with E-state index in [9.17, 15) is 34.0 Å². The van der Waals surface area contributed by atoms with E-state index < -0.39 is 80.6 Å². The van der Waals surface area contributed by atoms with Crippen molar-refractivity contribution in [2.24, 2.45) is 5.92 Å². The summed E-state index contributed by atoms with van der Waals surface area (Å²) in [5, 5.41) is 32.7. The molecule has 1 saturated carbocycles. The number of aromatic amines is 1. The Labute approximate surface area is 249 Å². The van der Waals surface area contributed by atoms with Gasteiger partial charge >= 0.3 is 13.9 Å². The number of nitrogens with two attached hydrogens (primary N) is 2. The van der Waals surface area contributed by atoms with Crippen molar-refractivity contribution >= 4 is 41.9 Å². The van der Waals surface area contributed by atoms with Gasteiger partial charge in [-0.2, -0.15) is 19.3 Å². The van der Waals surface area contributed by atoms with E-state index in [0.717, 1.165) is 6.33 Å². The summed E-state index contributed by atoms with van der Waals surface area (Å²) >= 11 is 0. The van der Waals surface area contributed by atoms with Gasteiger partial charge in [-0.25, -0.2) is 14.5 Å². The van der Waals surface area contributed by atoms with Crippen LogP contribution in [0.25, 0.3) is 22.3 Å². The highest BCUT2D eigenvalue weighted by molar-refractivity contribution is 7.47. The third-order valence-corrected chi connectivity index (χ3v) is 9.08. The second-order valence-electron chi connectivity index (χ2n) is 10.7. The average molecular weight is 656 g/mol. The van der Waals surface area contributed by atoms with Crippen LogP contribution in [-0.2, 0) is 34.4 Å². The predicted molar refractivity (Wildman–Crippen MR) is 143 cm³/mol. The first-order chi connectivity index (χ1) is 21.3. The van der Waals surface area contributed by atoms with Crippen molar-refractivity contribution < 1.29 is 52.4 Å². The molecule has 45 heavy (non-hydrogen) atoms. The molecule has 1 aliphatic carbocycles. The summed E-state index contributed by atoms with van der Waals surface area (Å²) in [6, 6.07) is 0. The van der Waals surface area contributed by atoms with Crippen molar-refractivity contribution in [2.75, 3.05) is 25.2 Å². The van der Waals surface area contributed by atoms with Crippen LogP contribution in [0, 0.1) is 12.0 Å². The van der Waals surface area contributed by atoms with E-state index in [1.165, 1.54) is 22.6 Å². The first-order valence-electron chi connectivity index (χ1n) is 13.3. The van der Waals surface area contributed by atoms with Crippen LogP contribution in [-0.4, -0.2) is 115 Å². The van der Waals surface area contributed by atoms with Gasteiger partial charge in [-0.1, -0.05) is 0 Å². The Morgan fingerprint density at radius 1 is 1.16 bits per heavy atom. The summed E-state index contributed by atoms with van der Waals surface area (Å²) in [6.07, 6.45) is -8.27. The summed E-state index contributed by atoms with van der Waals surface area (Å²) in [6.45, 7) is -0.677. The number of aliphatic hydroxyl groups excluding tert-OH is 2. The van der Waals surface area contributed by atoms with Crippen LogP contribution < -0.4 is 17.0 Å². The number of rotatable bonds is 9.